The molecule has 150 valence electrons. The van der Waals surface area contributed by atoms with Crippen molar-refractivity contribution in [1.29, 1.82) is 0 Å². The summed E-state index contributed by atoms with van der Waals surface area (Å²) in [6.07, 6.45) is 3.41. The highest BCUT2D eigenvalue weighted by atomic mass is 16.5. The summed E-state index contributed by atoms with van der Waals surface area (Å²) in [5.74, 6) is 1.05. The van der Waals surface area contributed by atoms with E-state index in [1.54, 1.807) is 20.5 Å². The highest BCUT2D eigenvalue weighted by molar-refractivity contribution is 5.91. The summed E-state index contributed by atoms with van der Waals surface area (Å²) >= 11 is 0. The molecular formula is C22H28N2O4. The van der Waals surface area contributed by atoms with Crippen LogP contribution in [0.5, 0.6) is 5.75 Å². The Morgan fingerprint density at radius 3 is 2.82 bits per heavy atom. The van der Waals surface area contributed by atoms with Gasteiger partial charge in [-0.25, -0.2) is 4.79 Å². The molecule has 1 aromatic carbocycles. The van der Waals surface area contributed by atoms with E-state index in [1.807, 2.05) is 12.1 Å². The summed E-state index contributed by atoms with van der Waals surface area (Å²) in [6, 6.07) is 6.38. The molecule has 6 heteroatoms. The molecule has 1 saturated heterocycles. The first-order valence-electron chi connectivity index (χ1n) is 9.81. The number of esters is 1. The molecule has 4 rings (SSSR count). The first-order chi connectivity index (χ1) is 13.6. The minimum absolute atomic E-state index is 0.0907. The number of rotatable bonds is 4. The van der Waals surface area contributed by atoms with Gasteiger partial charge in [0.15, 0.2) is 0 Å². The van der Waals surface area contributed by atoms with Crippen LogP contribution < -0.4 is 4.74 Å². The van der Waals surface area contributed by atoms with Crippen molar-refractivity contribution in [2.75, 3.05) is 34.4 Å². The number of hydrogen-bond donors (Lipinski definition) is 1. The Bertz CT molecular complexity index is 917. The van der Waals surface area contributed by atoms with E-state index in [-0.39, 0.29) is 17.9 Å². The molecule has 2 aliphatic rings. The van der Waals surface area contributed by atoms with Crippen molar-refractivity contribution < 1.29 is 19.0 Å². The largest absolute Gasteiger partial charge is 0.504 e. The average Bonchev–Trinajstić information content (AvgIpc) is 3.10. The van der Waals surface area contributed by atoms with Crippen LogP contribution in [0, 0.1) is 11.8 Å². The first kappa shape index (κ1) is 18.9. The van der Waals surface area contributed by atoms with Gasteiger partial charge in [-0.05, 0) is 42.4 Å². The van der Waals surface area contributed by atoms with E-state index in [0.717, 1.165) is 37.2 Å². The molecule has 3 atom stereocenters. The van der Waals surface area contributed by atoms with Crippen molar-refractivity contribution in [3.63, 3.8) is 0 Å². The van der Waals surface area contributed by atoms with E-state index in [9.17, 15) is 4.79 Å². The van der Waals surface area contributed by atoms with Gasteiger partial charge in [-0.2, -0.15) is 0 Å². The van der Waals surface area contributed by atoms with Crippen molar-refractivity contribution in [2.45, 2.75) is 25.8 Å². The Morgan fingerprint density at radius 2 is 2.11 bits per heavy atom. The number of nitrogens with zero attached hydrogens (tertiary/aromatic N) is 1. The van der Waals surface area contributed by atoms with Crippen LogP contribution >= 0.6 is 0 Å². The molecule has 0 spiro atoms. The molecule has 0 bridgehead atoms. The second kappa shape index (κ2) is 7.51. The molecule has 3 heterocycles. The lowest BCUT2D eigenvalue weighted by Gasteiger charge is -2.45. The summed E-state index contributed by atoms with van der Waals surface area (Å²) in [5.41, 5.74) is 4.33. The number of methoxy groups -OCH3 is 3. The van der Waals surface area contributed by atoms with Gasteiger partial charge in [-0.1, -0.05) is 13.0 Å². The molecule has 28 heavy (non-hydrogen) atoms. The number of hydrogen-bond acceptors (Lipinski definition) is 5. The van der Waals surface area contributed by atoms with Crippen LogP contribution in [0.25, 0.3) is 10.9 Å². The van der Waals surface area contributed by atoms with E-state index in [1.165, 1.54) is 23.8 Å². The molecule has 0 saturated carbocycles. The second-order valence-corrected chi connectivity index (χ2v) is 7.78. The van der Waals surface area contributed by atoms with Gasteiger partial charge >= 0.3 is 5.97 Å². The molecule has 0 aliphatic carbocycles. The first-order valence-corrected chi connectivity index (χ1v) is 9.81. The molecule has 1 N–H and O–H groups in total. The predicted octanol–water partition coefficient (Wildman–Crippen LogP) is 3.44. The van der Waals surface area contributed by atoms with Gasteiger partial charge in [0.25, 0.3) is 0 Å². The zero-order valence-corrected chi connectivity index (χ0v) is 17.0. The van der Waals surface area contributed by atoms with Crippen molar-refractivity contribution in [3.8, 4) is 5.75 Å². The zero-order chi connectivity index (χ0) is 19.8. The van der Waals surface area contributed by atoms with Crippen LogP contribution in [0.1, 0.15) is 30.6 Å². The predicted molar refractivity (Wildman–Crippen MR) is 107 cm³/mol. The number of aromatic amines is 1. The summed E-state index contributed by atoms with van der Waals surface area (Å²) < 4.78 is 15.9. The normalized spacial score (nSPS) is 25.1. The fourth-order valence-corrected chi connectivity index (χ4v) is 5.03. The molecule has 2 aromatic rings. The quantitative estimate of drug-likeness (QED) is 0.497. The van der Waals surface area contributed by atoms with E-state index in [2.05, 4.69) is 22.9 Å². The molecule has 0 amide bonds. The maximum atomic E-state index is 12.4. The number of H-pyrrole nitrogens is 1. The molecule has 0 radical (unpaired) electrons. The maximum Gasteiger partial charge on any atom is 0.337 e. The lowest BCUT2D eigenvalue weighted by molar-refractivity contribution is -0.137. The Hall–Kier alpha value is -2.47. The smallest absolute Gasteiger partial charge is 0.337 e. The van der Waals surface area contributed by atoms with Crippen molar-refractivity contribution in [2.24, 2.45) is 11.8 Å². The lowest BCUT2D eigenvalue weighted by Crippen LogP contribution is -2.46. The SMILES string of the molecule is CO/C=C(/C(=O)OC)[C@H]1C[C@H]2c3[nH]c4cccc(OC)c4c3CCN2C[C@@H]1C. The third-order valence-electron chi connectivity index (χ3n) is 6.32. The molecule has 6 nitrogen and oxygen atoms in total. The monoisotopic (exact) mass is 384 g/mol. The van der Waals surface area contributed by atoms with Gasteiger partial charge in [0.05, 0.1) is 39.2 Å². The summed E-state index contributed by atoms with van der Waals surface area (Å²) in [7, 11) is 4.72. The van der Waals surface area contributed by atoms with Crippen LogP contribution in [-0.4, -0.2) is 50.3 Å². The Labute approximate surface area is 165 Å². The number of ether oxygens (including phenoxy) is 3. The van der Waals surface area contributed by atoms with E-state index >= 15 is 0 Å². The number of carbonyl (C=O) groups excluding carboxylic acids is 1. The fraction of sp³-hybridized carbons (Fsp3) is 0.500. The Balaban J connectivity index is 1.75. The Morgan fingerprint density at radius 1 is 1.29 bits per heavy atom. The molecular weight excluding hydrogens is 356 g/mol. The molecule has 1 fully saturated rings. The number of carbonyl (C=O) groups is 1. The summed E-state index contributed by atoms with van der Waals surface area (Å²) in [5, 5.41) is 1.19. The molecule has 0 unspecified atom stereocenters. The van der Waals surface area contributed by atoms with Gasteiger partial charge in [-0.3, -0.25) is 4.90 Å². The second-order valence-electron chi connectivity index (χ2n) is 7.78. The van der Waals surface area contributed by atoms with Crippen LogP contribution in [-0.2, 0) is 20.7 Å². The third kappa shape index (κ3) is 2.96. The van der Waals surface area contributed by atoms with Crippen LogP contribution in [0.4, 0.5) is 0 Å². The summed E-state index contributed by atoms with van der Waals surface area (Å²) in [6.45, 7) is 4.16. The topological polar surface area (TPSA) is 63.8 Å². The van der Waals surface area contributed by atoms with Gasteiger partial charge in [0.2, 0.25) is 0 Å². The van der Waals surface area contributed by atoms with Crippen LogP contribution in [0.2, 0.25) is 0 Å². The third-order valence-corrected chi connectivity index (χ3v) is 6.32. The van der Waals surface area contributed by atoms with Crippen LogP contribution in [0.15, 0.2) is 30.0 Å². The van der Waals surface area contributed by atoms with Gasteiger partial charge in [0.1, 0.15) is 5.75 Å². The molecule has 2 aliphatic heterocycles. The van der Waals surface area contributed by atoms with E-state index in [4.69, 9.17) is 14.2 Å². The zero-order valence-electron chi connectivity index (χ0n) is 17.0. The lowest BCUT2D eigenvalue weighted by atomic mass is 9.76. The van der Waals surface area contributed by atoms with Gasteiger partial charge < -0.3 is 19.2 Å². The van der Waals surface area contributed by atoms with E-state index < -0.39 is 0 Å². The fourth-order valence-electron chi connectivity index (χ4n) is 5.03. The van der Waals surface area contributed by atoms with Gasteiger partial charge in [-0.15, -0.1) is 0 Å². The maximum absolute atomic E-state index is 12.4. The number of fused-ring (bicyclic) bond motifs is 5. The van der Waals surface area contributed by atoms with E-state index in [0.29, 0.717) is 11.5 Å². The van der Waals surface area contributed by atoms with Crippen molar-refractivity contribution in [3.05, 3.63) is 41.3 Å². The number of piperidine rings is 1. The van der Waals surface area contributed by atoms with Gasteiger partial charge in [0, 0.05) is 29.7 Å². The minimum atomic E-state index is -0.304. The average molecular weight is 384 g/mol. The van der Waals surface area contributed by atoms with Crippen molar-refractivity contribution >= 4 is 16.9 Å². The highest BCUT2D eigenvalue weighted by Gasteiger charge is 2.41. The van der Waals surface area contributed by atoms with Crippen LogP contribution in [0.3, 0.4) is 0 Å². The number of benzene rings is 1. The highest BCUT2D eigenvalue weighted by Crippen LogP contribution is 2.46. The summed E-state index contributed by atoms with van der Waals surface area (Å²) in [4.78, 5) is 18.6. The van der Waals surface area contributed by atoms with Crippen molar-refractivity contribution in [1.82, 2.24) is 9.88 Å². The number of aromatic nitrogens is 1. The number of nitrogens with one attached hydrogen (secondary N) is 1. The molecule has 1 aromatic heterocycles. The standard InChI is InChI=1S/C22H28N2O4/c1-13-11-24-9-8-14-20-17(6-5-7-19(20)27-3)23-21(14)18(24)10-15(13)16(12-26-2)22(25)28-4/h5-7,12-13,15,18,23H,8-11H2,1-4H3/b16-12+/t13-,15-,18-/m0/s1. The minimum Gasteiger partial charge on any atom is -0.504 e. The Kier molecular flexibility index (Phi) is 5.06.